The summed E-state index contributed by atoms with van der Waals surface area (Å²) in [5, 5.41) is 18.8. The maximum absolute atomic E-state index is 10.7. The summed E-state index contributed by atoms with van der Waals surface area (Å²) in [5.74, 6) is 4.97. The number of aliphatic hydroxyl groups is 1. The molecule has 3 fully saturated rings. The number of aliphatic hydroxyl groups excluding tert-OH is 1. The first-order valence-electron chi connectivity index (χ1n) is 8.94. The Labute approximate surface area is 128 Å². The summed E-state index contributed by atoms with van der Waals surface area (Å²) in [5.41, 5.74) is 0. The lowest BCUT2D eigenvalue weighted by atomic mass is 9.69. The summed E-state index contributed by atoms with van der Waals surface area (Å²) < 4.78 is 0. The molecule has 8 unspecified atom stereocenters. The minimum atomic E-state index is -0.873. The largest absolute Gasteiger partial charge is 0.481 e. The molecule has 3 aliphatic rings. The van der Waals surface area contributed by atoms with Crippen LogP contribution < -0.4 is 0 Å². The third-order valence-corrected chi connectivity index (χ3v) is 7.00. The zero-order valence-electron chi connectivity index (χ0n) is 13.4. The van der Waals surface area contributed by atoms with Crippen LogP contribution in [0.15, 0.2) is 0 Å². The van der Waals surface area contributed by atoms with Crippen LogP contribution in [-0.2, 0) is 4.79 Å². The van der Waals surface area contributed by atoms with E-state index >= 15 is 0 Å². The van der Waals surface area contributed by atoms with Crippen molar-refractivity contribution in [1.82, 2.24) is 0 Å². The second-order valence-electron chi connectivity index (χ2n) is 7.87. The molecule has 21 heavy (non-hydrogen) atoms. The van der Waals surface area contributed by atoms with Crippen LogP contribution >= 0.6 is 0 Å². The van der Waals surface area contributed by atoms with E-state index in [-0.39, 0.29) is 6.42 Å². The van der Waals surface area contributed by atoms with E-state index in [1.807, 2.05) is 0 Å². The van der Waals surface area contributed by atoms with Gasteiger partial charge in [-0.3, -0.25) is 4.79 Å². The van der Waals surface area contributed by atoms with Crippen LogP contribution in [-0.4, -0.2) is 22.3 Å². The van der Waals surface area contributed by atoms with Gasteiger partial charge in [0, 0.05) is 0 Å². The molecule has 0 aromatic carbocycles. The van der Waals surface area contributed by atoms with Crippen molar-refractivity contribution in [3.05, 3.63) is 0 Å². The zero-order valence-corrected chi connectivity index (χ0v) is 13.4. The molecule has 0 radical (unpaired) electrons. The number of rotatable bonds is 6. The number of carbonyl (C=O) groups is 1. The van der Waals surface area contributed by atoms with Crippen LogP contribution in [0.5, 0.6) is 0 Å². The molecule has 120 valence electrons. The fourth-order valence-electron chi connectivity index (χ4n) is 6.44. The molecule has 0 saturated heterocycles. The number of hydrogen-bond acceptors (Lipinski definition) is 2. The summed E-state index contributed by atoms with van der Waals surface area (Å²) >= 11 is 0. The van der Waals surface area contributed by atoms with Crippen molar-refractivity contribution in [2.24, 2.45) is 41.4 Å². The van der Waals surface area contributed by atoms with Crippen LogP contribution in [0.1, 0.15) is 58.8 Å². The van der Waals surface area contributed by atoms with Gasteiger partial charge in [0.2, 0.25) is 0 Å². The van der Waals surface area contributed by atoms with Crippen LogP contribution in [0.3, 0.4) is 0 Å². The first kappa shape index (κ1) is 15.3. The Kier molecular flexibility index (Phi) is 4.31. The molecule has 0 aromatic rings. The highest BCUT2D eigenvalue weighted by Gasteiger charge is 2.59. The third-order valence-electron chi connectivity index (χ3n) is 7.00. The molecular weight excluding hydrogens is 264 g/mol. The van der Waals surface area contributed by atoms with Gasteiger partial charge in [-0.1, -0.05) is 26.7 Å². The first-order valence-corrected chi connectivity index (χ1v) is 8.94. The highest BCUT2D eigenvalue weighted by atomic mass is 16.4. The molecule has 3 heteroatoms. The van der Waals surface area contributed by atoms with Gasteiger partial charge in [-0.2, -0.15) is 0 Å². The summed E-state index contributed by atoms with van der Waals surface area (Å²) in [4.78, 5) is 10.7. The molecule has 8 atom stereocenters. The lowest BCUT2D eigenvalue weighted by Crippen LogP contribution is -2.32. The maximum atomic E-state index is 10.7. The quantitative estimate of drug-likeness (QED) is 0.787. The maximum Gasteiger partial charge on any atom is 0.305 e. The van der Waals surface area contributed by atoms with Gasteiger partial charge in [0.25, 0.3) is 0 Å². The number of aliphatic carboxylic acids is 1. The normalized spacial score (nSPS) is 45.8. The molecule has 2 bridgehead atoms. The van der Waals surface area contributed by atoms with E-state index in [4.69, 9.17) is 5.11 Å². The summed E-state index contributed by atoms with van der Waals surface area (Å²) in [7, 11) is 0. The molecule has 3 nitrogen and oxygen atoms in total. The highest BCUT2D eigenvalue weighted by molar-refractivity contribution is 5.67. The van der Waals surface area contributed by atoms with Gasteiger partial charge >= 0.3 is 5.97 Å². The second-order valence-corrected chi connectivity index (χ2v) is 7.87. The minimum absolute atomic E-state index is 0.0865. The SMILES string of the molecule is CCC1CC(CC)C2C3CC(CC3CC(O)CC(=O)O)C12. The minimum Gasteiger partial charge on any atom is -0.481 e. The van der Waals surface area contributed by atoms with Crippen molar-refractivity contribution in [3.8, 4) is 0 Å². The lowest BCUT2D eigenvalue weighted by molar-refractivity contribution is -0.139. The molecule has 3 rings (SSSR count). The average molecular weight is 294 g/mol. The zero-order chi connectivity index (χ0) is 15.1. The third kappa shape index (κ3) is 2.62. The van der Waals surface area contributed by atoms with E-state index in [0.29, 0.717) is 12.3 Å². The standard InChI is InChI=1S/C18H30O3/c1-3-10-5-11(4-2)18-15-8-13(17(10)18)6-12(15)7-14(19)9-16(20)21/h10-15,17-19H,3-9H2,1-2H3,(H,20,21). The van der Waals surface area contributed by atoms with E-state index in [9.17, 15) is 9.90 Å². The lowest BCUT2D eigenvalue weighted by Gasteiger charge is -2.36. The van der Waals surface area contributed by atoms with Gasteiger partial charge in [0.05, 0.1) is 12.5 Å². The highest BCUT2D eigenvalue weighted by Crippen LogP contribution is 2.66. The van der Waals surface area contributed by atoms with E-state index in [0.717, 1.165) is 35.5 Å². The van der Waals surface area contributed by atoms with Crippen molar-refractivity contribution in [2.45, 2.75) is 64.9 Å². The Morgan fingerprint density at radius 2 is 1.71 bits per heavy atom. The molecular formula is C18H30O3. The van der Waals surface area contributed by atoms with Gasteiger partial charge in [0.15, 0.2) is 0 Å². The van der Waals surface area contributed by atoms with Gasteiger partial charge in [-0.15, -0.1) is 0 Å². The fourth-order valence-corrected chi connectivity index (χ4v) is 6.44. The van der Waals surface area contributed by atoms with Crippen molar-refractivity contribution in [3.63, 3.8) is 0 Å². The molecule has 3 saturated carbocycles. The van der Waals surface area contributed by atoms with Crippen molar-refractivity contribution in [2.75, 3.05) is 0 Å². The van der Waals surface area contributed by atoms with E-state index in [2.05, 4.69) is 13.8 Å². The summed E-state index contributed by atoms with van der Waals surface area (Å²) in [6.07, 6.45) is 6.62. The fraction of sp³-hybridized carbons (Fsp3) is 0.944. The van der Waals surface area contributed by atoms with Gasteiger partial charge < -0.3 is 10.2 Å². The van der Waals surface area contributed by atoms with Crippen molar-refractivity contribution in [1.29, 1.82) is 0 Å². The summed E-state index contributed by atoms with van der Waals surface area (Å²) in [6, 6.07) is 0. The Morgan fingerprint density at radius 3 is 2.33 bits per heavy atom. The second kappa shape index (κ2) is 5.91. The van der Waals surface area contributed by atoms with Crippen LogP contribution in [0, 0.1) is 41.4 Å². The number of carboxylic acid groups (broad SMARTS) is 1. The van der Waals surface area contributed by atoms with Gasteiger partial charge in [-0.25, -0.2) is 0 Å². The Balaban J connectivity index is 1.67. The topological polar surface area (TPSA) is 57.5 Å². The molecule has 0 aromatic heterocycles. The van der Waals surface area contributed by atoms with Crippen molar-refractivity contribution < 1.29 is 15.0 Å². The molecule has 0 amide bonds. The Bertz CT molecular complexity index is 394. The van der Waals surface area contributed by atoms with Crippen LogP contribution in [0.25, 0.3) is 0 Å². The number of fused-ring (bicyclic) bond motifs is 5. The molecule has 0 spiro atoms. The van der Waals surface area contributed by atoms with Gasteiger partial charge in [0.1, 0.15) is 0 Å². The average Bonchev–Trinajstić information content (AvgIpc) is 3.06. The molecule has 2 N–H and O–H groups in total. The smallest absolute Gasteiger partial charge is 0.305 e. The molecule has 3 aliphatic carbocycles. The molecule has 0 aliphatic heterocycles. The summed E-state index contributed by atoms with van der Waals surface area (Å²) in [6.45, 7) is 4.68. The monoisotopic (exact) mass is 294 g/mol. The predicted molar refractivity (Wildman–Crippen MR) is 81.7 cm³/mol. The van der Waals surface area contributed by atoms with Crippen LogP contribution in [0.4, 0.5) is 0 Å². The number of hydrogen-bond donors (Lipinski definition) is 2. The molecule has 0 heterocycles. The van der Waals surface area contributed by atoms with Crippen molar-refractivity contribution >= 4 is 5.97 Å². The van der Waals surface area contributed by atoms with E-state index in [1.165, 1.54) is 32.1 Å². The predicted octanol–water partition coefficient (Wildman–Crippen LogP) is 3.56. The first-order chi connectivity index (χ1) is 10.0. The van der Waals surface area contributed by atoms with Crippen LogP contribution in [0.2, 0.25) is 0 Å². The number of carboxylic acids is 1. The van der Waals surface area contributed by atoms with Gasteiger partial charge in [-0.05, 0) is 67.1 Å². The Hall–Kier alpha value is -0.570. The Morgan fingerprint density at radius 1 is 1.05 bits per heavy atom. The van der Waals surface area contributed by atoms with E-state index < -0.39 is 12.1 Å². The van der Waals surface area contributed by atoms with E-state index in [1.54, 1.807) is 0 Å².